The standard InChI is InChI=1S/C26H25NO5/c1-2-31-25(29)26(17-23(26)24(28)27-30)16-18-8-12-21(13-9-18)32-22-14-10-20(11-15-22)19-6-4-3-5-7-19/h3-15,23,30H,2,16-17H2,1H3,(H,27,28). The normalized spacial score (nSPS) is 19.1. The van der Waals surface area contributed by atoms with E-state index in [2.05, 4.69) is 12.1 Å². The van der Waals surface area contributed by atoms with E-state index in [-0.39, 0.29) is 6.61 Å². The third kappa shape index (κ3) is 4.50. The maximum atomic E-state index is 12.5. The van der Waals surface area contributed by atoms with E-state index in [4.69, 9.17) is 14.7 Å². The zero-order valence-electron chi connectivity index (χ0n) is 17.8. The number of ether oxygens (including phenoxy) is 2. The summed E-state index contributed by atoms with van der Waals surface area (Å²) in [6, 6.07) is 25.4. The first-order valence-corrected chi connectivity index (χ1v) is 10.6. The molecule has 32 heavy (non-hydrogen) atoms. The molecule has 1 amide bonds. The highest BCUT2D eigenvalue weighted by molar-refractivity contribution is 5.93. The molecule has 0 bridgehead atoms. The fourth-order valence-corrected chi connectivity index (χ4v) is 4.02. The SMILES string of the molecule is CCOC(=O)C1(Cc2ccc(Oc3ccc(-c4ccccc4)cc3)cc2)CC1C(=O)NO. The van der Waals surface area contributed by atoms with Crippen molar-refractivity contribution in [3.63, 3.8) is 0 Å². The molecule has 2 atom stereocenters. The molecule has 6 nitrogen and oxygen atoms in total. The Morgan fingerprint density at radius 1 is 0.938 bits per heavy atom. The third-order valence-electron chi connectivity index (χ3n) is 5.82. The second-order valence-corrected chi connectivity index (χ2v) is 7.92. The lowest BCUT2D eigenvalue weighted by molar-refractivity contribution is -0.152. The molecule has 0 aromatic heterocycles. The fourth-order valence-electron chi connectivity index (χ4n) is 4.02. The van der Waals surface area contributed by atoms with Crippen LogP contribution >= 0.6 is 0 Å². The largest absolute Gasteiger partial charge is 0.466 e. The van der Waals surface area contributed by atoms with Crippen LogP contribution in [0.25, 0.3) is 11.1 Å². The van der Waals surface area contributed by atoms with Gasteiger partial charge in [0.05, 0.1) is 17.9 Å². The number of esters is 1. The average Bonchev–Trinajstić information content (AvgIpc) is 3.56. The lowest BCUT2D eigenvalue weighted by Crippen LogP contribution is -2.30. The van der Waals surface area contributed by atoms with Crippen LogP contribution in [0.4, 0.5) is 0 Å². The van der Waals surface area contributed by atoms with Gasteiger partial charge in [-0.1, -0.05) is 54.6 Å². The Hall–Kier alpha value is -3.64. The first kappa shape index (κ1) is 21.6. The minimum atomic E-state index is -0.932. The van der Waals surface area contributed by atoms with Gasteiger partial charge in [0, 0.05) is 0 Å². The first-order chi connectivity index (χ1) is 15.6. The minimum Gasteiger partial charge on any atom is -0.466 e. The number of rotatable bonds is 8. The Labute approximate surface area is 186 Å². The number of hydroxylamine groups is 1. The molecule has 0 spiro atoms. The third-order valence-corrected chi connectivity index (χ3v) is 5.82. The van der Waals surface area contributed by atoms with E-state index in [1.807, 2.05) is 66.7 Å². The number of carbonyl (C=O) groups excluding carboxylic acids is 2. The summed E-state index contributed by atoms with van der Waals surface area (Å²) >= 11 is 0. The maximum Gasteiger partial charge on any atom is 0.313 e. The summed E-state index contributed by atoms with van der Waals surface area (Å²) in [6.07, 6.45) is 0.709. The summed E-state index contributed by atoms with van der Waals surface area (Å²) in [6.45, 7) is 1.97. The van der Waals surface area contributed by atoms with Crippen LogP contribution in [0.1, 0.15) is 18.9 Å². The minimum absolute atomic E-state index is 0.240. The maximum absolute atomic E-state index is 12.5. The Morgan fingerprint density at radius 2 is 1.53 bits per heavy atom. The van der Waals surface area contributed by atoms with Crippen molar-refractivity contribution in [1.29, 1.82) is 0 Å². The molecular weight excluding hydrogens is 406 g/mol. The van der Waals surface area contributed by atoms with E-state index in [9.17, 15) is 9.59 Å². The van der Waals surface area contributed by atoms with Gasteiger partial charge in [0.15, 0.2) is 0 Å². The number of hydrogen-bond donors (Lipinski definition) is 2. The molecule has 3 aromatic carbocycles. The van der Waals surface area contributed by atoms with Gasteiger partial charge < -0.3 is 9.47 Å². The number of benzene rings is 3. The van der Waals surface area contributed by atoms with Crippen molar-refractivity contribution in [1.82, 2.24) is 5.48 Å². The predicted molar refractivity (Wildman–Crippen MR) is 119 cm³/mol. The van der Waals surface area contributed by atoms with Crippen molar-refractivity contribution in [3.05, 3.63) is 84.4 Å². The van der Waals surface area contributed by atoms with Gasteiger partial charge in [-0.15, -0.1) is 0 Å². The summed E-state index contributed by atoms with van der Waals surface area (Å²) in [4.78, 5) is 24.4. The van der Waals surface area contributed by atoms with Gasteiger partial charge >= 0.3 is 5.97 Å². The number of hydrogen-bond acceptors (Lipinski definition) is 5. The molecule has 4 rings (SSSR count). The van der Waals surface area contributed by atoms with E-state index in [1.54, 1.807) is 12.4 Å². The van der Waals surface area contributed by atoms with Gasteiger partial charge in [-0.05, 0) is 60.7 Å². The van der Waals surface area contributed by atoms with Crippen LogP contribution in [0.15, 0.2) is 78.9 Å². The van der Waals surface area contributed by atoms with E-state index < -0.39 is 23.2 Å². The molecule has 2 unspecified atom stereocenters. The van der Waals surface area contributed by atoms with Crippen LogP contribution in [0.5, 0.6) is 11.5 Å². The number of amides is 1. The fraction of sp³-hybridized carbons (Fsp3) is 0.231. The lowest BCUT2D eigenvalue weighted by atomic mass is 9.93. The van der Waals surface area contributed by atoms with Crippen LogP contribution in [-0.4, -0.2) is 23.7 Å². The quantitative estimate of drug-likeness (QED) is 0.305. The molecule has 1 aliphatic rings. The van der Waals surface area contributed by atoms with Crippen molar-refractivity contribution in [2.75, 3.05) is 6.61 Å². The summed E-state index contributed by atoms with van der Waals surface area (Å²) in [5.41, 5.74) is 3.86. The zero-order chi connectivity index (χ0) is 22.6. The molecule has 6 heteroatoms. The van der Waals surface area contributed by atoms with Crippen LogP contribution < -0.4 is 10.2 Å². The van der Waals surface area contributed by atoms with Crippen molar-refractivity contribution in [2.45, 2.75) is 19.8 Å². The lowest BCUT2D eigenvalue weighted by Gasteiger charge is -2.16. The van der Waals surface area contributed by atoms with Crippen molar-refractivity contribution < 1.29 is 24.3 Å². The number of nitrogens with one attached hydrogen (secondary N) is 1. The van der Waals surface area contributed by atoms with Crippen LogP contribution in [0.2, 0.25) is 0 Å². The monoisotopic (exact) mass is 431 g/mol. The van der Waals surface area contributed by atoms with E-state index in [1.165, 1.54) is 0 Å². The summed E-state index contributed by atoms with van der Waals surface area (Å²) in [5.74, 6) is -0.163. The highest BCUT2D eigenvalue weighted by atomic mass is 16.5. The van der Waals surface area contributed by atoms with E-state index in [0.717, 1.165) is 22.4 Å². The first-order valence-electron chi connectivity index (χ1n) is 10.6. The van der Waals surface area contributed by atoms with Crippen LogP contribution in [0.3, 0.4) is 0 Å². The molecule has 164 valence electrons. The average molecular weight is 431 g/mol. The molecule has 2 N–H and O–H groups in total. The molecule has 3 aromatic rings. The van der Waals surface area contributed by atoms with Crippen LogP contribution in [-0.2, 0) is 20.7 Å². The van der Waals surface area contributed by atoms with Gasteiger partial charge in [-0.2, -0.15) is 0 Å². The van der Waals surface area contributed by atoms with Gasteiger partial charge in [0.1, 0.15) is 11.5 Å². The topological polar surface area (TPSA) is 84.9 Å². The predicted octanol–water partition coefficient (Wildman–Crippen LogP) is 4.76. The van der Waals surface area contributed by atoms with Crippen molar-refractivity contribution in [3.8, 4) is 22.6 Å². The van der Waals surface area contributed by atoms with Gasteiger partial charge in [0.25, 0.3) is 0 Å². The highest BCUT2D eigenvalue weighted by Gasteiger charge is 2.64. The van der Waals surface area contributed by atoms with Crippen molar-refractivity contribution in [2.24, 2.45) is 11.3 Å². The number of carbonyl (C=O) groups is 2. The molecular formula is C26H25NO5. The molecule has 1 fully saturated rings. The second-order valence-electron chi connectivity index (χ2n) is 7.92. The summed E-state index contributed by atoms with van der Waals surface area (Å²) in [7, 11) is 0. The molecule has 0 aliphatic heterocycles. The van der Waals surface area contributed by atoms with Crippen LogP contribution in [0, 0.1) is 11.3 Å². The smallest absolute Gasteiger partial charge is 0.313 e. The molecule has 1 aliphatic carbocycles. The second kappa shape index (κ2) is 9.24. The van der Waals surface area contributed by atoms with Gasteiger partial charge in [0.2, 0.25) is 5.91 Å². The Morgan fingerprint density at radius 3 is 2.12 bits per heavy atom. The van der Waals surface area contributed by atoms with Gasteiger partial charge in [-0.3, -0.25) is 14.8 Å². The summed E-state index contributed by atoms with van der Waals surface area (Å²) in [5, 5.41) is 8.95. The summed E-state index contributed by atoms with van der Waals surface area (Å²) < 4.78 is 11.1. The van der Waals surface area contributed by atoms with Gasteiger partial charge in [-0.25, -0.2) is 5.48 Å². The molecule has 0 saturated heterocycles. The molecule has 1 saturated carbocycles. The van der Waals surface area contributed by atoms with E-state index in [0.29, 0.717) is 18.6 Å². The molecule has 0 radical (unpaired) electrons. The molecule has 0 heterocycles. The Kier molecular flexibility index (Phi) is 6.23. The van der Waals surface area contributed by atoms with Crippen molar-refractivity contribution >= 4 is 11.9 Å². The Balaban J connectivity index is 1.43. The highest BCUT2D eigenvalue weighted by Crippen LogP contribution is 2.56. The zero-order valence-corrected chi connectivity index (χ0v) is 17.8. The van der Waals surface area contributed by atoms with E-state index >= 15 is 0 Å². The Bertz CT molecular complexity index is 1080.